The number of hydrogen-bond acceptors (Lipinski definition) is 4. The third-order valence-corrected chi connectivity index (χ3v) is 7.13. The Bertz CT molecular complexity index is 1590. The average molecular weight is 573 g/mol. The molecule has 4 rings (SSSR count). The van der Waals surface area contributed by atoms with E-state index in [1.165, 1.54) is 12.1 Å². The number of carboxylic acid groups (broad SMARTS) is 1. The van der Waals surface area contributed by atoms with Gasteiger partial charge in [-0.2, -0.15) is 13.2 Å². The molecule has 39 heavy (non-hydrogen) atoms. The summed E-state index contributed by atoms with van der Waals surface area (Å²) in [6.07, 6.45) is -4.59. The summed E-state index contributed by atoms with van der Waals surface area (Å²) < 4.78 is 39.1. The van der Waals surface area contributed by atoms with Gasteiger partial charge >= 0.3 is 12.1 Å². The normalized spacial score (nSPS) is 12.1. The zero-order chi connectivity index (χ0) is 28.3. The van der Waals surface area contributed by atoms with Crippen LogP contribution in [0.4, 0.5) is 24.5 Å². The molecule has 0 spiro atoms. The van der Waals surface area contributed by atoms with Gasteiger partial charge in [0.15, 0.2) is 0 Å². The summed E-state index contributed by atoms with van der Waals surface area (Å²) >= 11 is 7.10. The van der Waals surface area contributed by atoms with Gasteiger partial charge in [-0.3, -0.25) is 9.59 Å². The van der Waals surface area contributed by atoms with Crippen molar-refractivity contribution in [3.05, 3.63) is 101 Å². The number of fused-ring (bicyclic) bond motifs is 1. The van der Waals surface area contributed by atoms with Crippen molar-refractivity contribution in [3.8, 4) is 0 Å². The van der Waals surface area contributed by atoms with Crippen LogP contribution in [0.2, 0.25) is 5.02 Å². The summed E-state index contributed by atoms with van der Waals surface area (Å²) in [6, 6.07) is 19.0. The summed E-state index contributed by atoms with van der Waals surface area (Å²) in [6.45, 7) is 1.58. The highest BCUT2D eigenvalue weighted by molar-refractivity contribution is 8.00. The van der Waals surface area contributed by atoms with Gasteiger partial charge in [-0.15, -0.1) is 11.8 Å². The molecular weight excluding hydrogens is 553 g/mol. The van der Waals surface area contributed by atoms with Crippen molar-refractivity contribution in [2.75, 3.05) is 10.6 Å². The molecule has 200 valence electrons. The van der Waals surface area contributed by atoms with Crippen molar-refractivity contribution >= 4 is 63.3 Å². The molecule has 0 aliphatic carbocycles. The summed E-state index contributed by atoms with van der Waals surface area (Å²) in [5.41, 5.74) is -0.491. The third-order valence-electron chi connectivity index (χ3n) is 5.71. The Morgan fingerprint density at radius 1 is 0.897 bits per heavy atom. The maximum atomic E-state index is 13.1. The van der Waals surface area contributed by atoms with Crippen molar-refractivity contribution in [3.63, 3.8) is 0 Å². The lowest BCUT2D eigenvalue weighted by atomic mass is 9.98. The SMILES string of the molecule is CC(Sc1cccc(NC(=O)c2cccc3cccc(C(=O)O)c23)c1)C(=O)Nc1cc(C(F)(F)F)ccc1Cl. The van der Waals surface area contributed by atoms with E-state index in [1.54, 1.807) is 55.5 Å². The average Bonchev–Trinajstić information content (AvgIpc) is 2.88. The van der Waals surface area contributed by atoms with Gasteiger partial charge in [-0.25, -0.2) is 4.79 Å². The fourth-order valence-electron chi connectivity index (χ4n) is 3.84. The van der Waals surface area contributed by atoms with Crippen LogP contribution in [0.3, 0.4) is 0 Å². The van der Waals surface area contributed by atoms with Crippen molar-refractivity contribution in [1.82, 2.24) is 0 Å². The van der Waals surface area contributed by atoms with Gasteiger partial charge in [0.05, 0.1) is 27.1 Å². The van der Waals surface area contributed by atoms with E-state index < -0.39 is 34.8 Å². The summed E-state index contributed by atoms with van der Waals surface area (Å²) in [5, 5.41) is 14.9. The number of nitrogens with one attached hydrogen (secondary N) is 2. The van der Waals surface area contributed by atoms with Crippen LogP contribution >= 0.6 is 23.4 Å². The highest BCUT2D eigenvalue weighted by Crippen LogP contribution is 2.34. The molecule has 1 atom stereocenters. The summed E-state index contributed by atoms with van der Waals surface area (Å²) in [7, 11) is 0. The predicted molar refractivity (Wildman–Crippen MR) is 146 cm³/mol. The quantitative estimate of drug-likeness (QED) is 0.198. The molecule has 0 heterocycles. The third kappa shape index (κ3) is 6.52. The van der Waals surface area contributed by atoms with Crippen LogP contribution in [0, 0.1) is 0 Å². The first-order valence-corrected chi connectivity index (χ1v) is 12.7. The van der Waals surface area contributed by atoms with Gasteiger partial charge in [0, 0.05) is 21.5 Å². The number of halogens is 4. The number of thioether (sulfide) groups is 1. The molecule has 0 aliphatic heterocycles. The van der Waals surface area contributed by atoms with Crippen molar-refractivity contribution < 1.29 is 32.7 Å². The molecule has 3 N–H and O–H groups in total. The Balaban J connectivity index is 1.49. The number of carbonyl (C=O) groups excluding carboxylic acids is 2. The van der Waals surface area contributed by atoms with Crippen LogP contribution in [0.5, 0.6) is 0 Å². The van der Waals surface area contributed by atoms with E-state index in [1.807, 2.05) is 0 Å². The highest BCUT2D eigenvalue weighted by atomic mass is 35.5. The molecule has 0 saturated carbocycles. The Hall–Kier alpha value is -4.02. The van der Waals surface area contributed by atoms with Gasteiger partial charge in [-0.1, -0.05) is 41.9 Å². The number of anilines is 2. The lowest BCUT2D eigenvalue weighted by molar-refractivity contribution is -0.137. The maximum Gasteiger partial charge on any atom is 0.416 e. The standard InChI is InChI=1S/C28H20ClF3N2O4S/c1-15(25(35)34-23-13-17(28(30,31)32)11-12-22(23)29)39-19-8-4-7-18(14-19)33-26(36)20-9-2-5-16-6-3-10-21(24(16)20)27(37)38/h2-15H,1H3,(H,33,36)(H,34,35)(H,37,38). The molecule has 11 heteroatoms. The fourth-order valence-corrected chi connectivity index (χ4v) is 4.93. The van der Waals surface area contributed by atoms with Crippen LogP contribution in [-0.4, -0.2) is 28.1 Å². The number of hydrogen-bond donors (Lipinski definition) is 3. The number of aromatic carboxylic acids is 1. The Labute approximate surface area is 230 Å². The Morgan fingerprint density at radius 2 is 1.56 bits per heavy atom. The number of alkyl halides is 3. The molecule has 0 bridgehead atoms. The van der Waals surface area contributed by atoms with Crippen molar-refractivity contribution in [1.29, 1.82) is 0 Å². The molecule has 1 unspecified atom stereocenters. The van der Waals surface area contributed by atoms with Crippen molar-refractivity contribution in [2.24, 2.45) is 0 Å². The van der Waals surface area contributed by atoms with Gasteiger partial charge in [0.1, 0.15) is 0 Å². The molecule has 0 fully saturated rings. The number of benzene rings is 4. The van der Waals surface area contributed by atoms with Gasteiger partial charge < -0.3 is 15.7 Å². The molecule has 0 radical (unpaired) electrons. The Morgan fingerprint density at radius 3 is 2.23 bits per heavy atom. The van der Waals surface area contributed by atoms with Crippen LogP contribution in [0.25, 0.3) is 10.8 Å². The number of rotatable bonds is 7. The minimum Gasteiger partial charge on any atom is -0.478 e. The van der Waals surface area contributed by atoms with E-state index in [-0.39, 0.29) is 21.8 Å². The van der Waals surface area contributed by atoms with Gasteiger partial charge in [0.2, 0.25) is 5.91 Å². The molecule has 0 aliphatic rings. The van der Waals surface area contributed by atoms with E-state index >= 15 is 0 Å². The molecule has 0 aromatic heterocycles. The topological polar surface area (TPSA) is 95.5 Å². The first kappa shape index (κ1) is 28.0. The number of carbonyl (C=O) groups is 3. The van der Waals surface area contributed by atoms with E-state index in [0.717, 1.165) is 30.0 Å². The van der Waals surface area contributed by atoms with E-state index in [4.69, 9.17) is 11.6 Å². The number of carboxylic acids is 1. The van der Waals surface area contributed by atoms with Gasteiger partial charge in [0.25, 0.3) is 5.91 Å². The second kappa shape index (κ2) is 11.4. The number of amides is 2. The Kier molecular flexibility index (Phi) is 8.17. The van der Waals surface area contributed by atoms with E-state index in [0.29, 0.717) is 21.4 Å². The molecule has 4 aromatic carbocycles. The lowest BCUT2D eigenvalue weighted by Gasteiger charge is -2.15. The zero-order valence-corrected chi connectivity index (χ0v) is 21.7. The zero-order valence-electron chi connectivity index (χ0n) is 20.2. The van der Waals surface area contributed by atoms with E-state index in [2.05, 4.69) is 10.6 Å². The lowest BCUT2D eigenvalue weighted by Crippen LogP contribution is -2.23. The summed E-state index contributed by atoms with van der Waals surface area (Å²) in [5.74, 6) is -2.23. The second-order valence-electron chi connectivity index (χ2n) is 8.44. The minimum atomic E-state index is -4.59. The smallest absolute Gasteiger partial charge is 0.416 e. The predicted octanol–water partition coefficient (Wildman–Crippen LogP) is 7.58. The van der Waals surface area contributed by atoms with Crippen molar-refractivity contribution in [2.45, 2.75) is 23.2 Å². The molecule has 6 nitrogen and oxygen atoms in total. The molecule has 4 aromatic rings. The maximum absolute atomic E-state index is 13.1. The second-order valence-corrected chi connectivity index (χ2v) is 10.3. The summed E-state index contributed by atoms with van der Waals surface area (Å²) in [4.78, 5) is 38.1. The molecule has 2 amide bonds. The first-order chi connectivity index (χ1) is 18.4. The highest BCUT2D eigenvalue weighted by Gasteiger charge is 2.31. The molecule has 0 saturated heterocycles. The van der Waals surface area contributed by atoms with Crippen LogP contribution in [0.15, 0.2) is 83.8 Å². The molecular formula is C28H20ClF3N2O4S. The largest absolute Gasteiger partial charge is 0.478 e. The fraction of sp³-hybridized carbons (Fsp3) is 0.107. The first-order valence-electron chi connectivity index (χ1n) is 11.4. The van der Waals surface area contributed by atoms with Crippen LogP contribution < -0.4 is 10.6 Å². The minimum absolute atomic E-state index is 0.00303. The van der Waals surface area contributed by atoms with E-state index in [9.17, 15) is 32.7 Å². The van der Waals surface area contributed by atoms with Gasteiger partial charge in [-0.05, 0) is 60.8 Å². The van der Waals surface area contributed by atoms with Crippen LogP contribution in [0.1, 0.15) is 33.2 Å². The monoisotopic (exact) mass is 572 g/mol. The van der Waals surface area contributed by atoms with Crippen LogP contribution in [-0.2, 0) is 11.0 Å².